The number of aromatic carboxylic acids is 1. The maximum Gasteiger partial charge on any atom is 0.335 e. The first-order valence-electron chi connectivity index (χ1n) is 16.1. The Bertz CT molecular complexity index is 2390. The van der Waals surface area contributed by atoms with Gasteiger partial charge in [0.1, 0.15) is 39.0 Å². The van der Waals surface area contributed by atoms with Crippen LogP contribution in [0.5, 0.6) is 23.0 Å². The number of anilines is 1. The zero-order valence-electron chi connectivity index (χ0n) is 30.1. The maximum atomic E-state index is 11.0. The van der Waals surface area contributed by atoms with Crippen LogP contribution in [0.1, 0.15) is 32.4 Å². The lowest BCUT2D eigenvalue weighted by Gasteiger charge is -2.04. The molecule has 17 heteroatoms. The highest BCUT2D eigenvalue weighted by Crippen LogP contribution is 2.33. The summed E-state index contributed by atoms with van der Waals surface area (Å²) in [4.78, 5) is 30.5. The van der Waals surface area contributed by atoms with E-state index in [1.54, 1.807) is 58.8 Å². The summed E-state index contributed by atoms with van der Waals surface area (Å²) in [6.45, 7) is 3.73. The molecule has 3 heterocycles. The number of carbonyl (C=O) groups is 2. The predicted molar refractivity (Wildman–Crippen MR) is 207 cm³/mol. The number of nitrogens with two attached hydrogens (primary N) is 1. The molecule has 54 heavy (non-hydrogen) atoms. The minimum absolute atomic E-state index is 0.316. The average molecular weight is 772 g/mol. The van der Waals surface area contributed by atoms with Crippen molar-refractivity contribution in [2.24, 2.45) is 5.84 Å². The number of aryl methyl sites for hydroxylation is 2. The van der Waals surface area contributed by atoms with E-state index in [-0.39, 0.29) is 0 Å². The number of carboxylic acid groups (broad SMARTS) is 1. The quantitative estimate of drug-likeness (QED) is 0.0648. The molecule has 4 aromatic carbocycles. The Morgan fingerprint density at radius 3 is 1.96 bits per heavy atom. The minimum atomic E-state index is -0.907. The van der Waals surface area contributed by atoms with E-state index in [2.05, 4.69) is 25.5 Å². The highest BCUT2D eigenvalue weighted by molar-refractivity contribution is 7.22. The first-order valence-corrected chi connectivity index (χ1v) is 17.7. The second-order valence-corrected chi connectivity index (χ2v) is 13.3. The predicted octanol–water partition coefficient (Wildman–Crippen LogP) is 7.26. The molecule has 15 nitrogen and oxygen atoms in total. The molecule has 7 rings (SSSR count). The summed E-state index contributed by atoms with van der Waals surface area (Å²) in [6.07, 6.45) is 0.491. The van der Waals surface area contributed by atoms with Crippen LogP contribution in [-0.2, 0) is 6.42 Å². The molecule has 0 saturated heterocycles. The fourth-order valence-corrected chi connectivity index (χ4v) is 6.91. The van der Waals surface area contributed by atoms with Gasteiger partial charge in [-0.15, -0.1) is 21.5 Å². The summed E-state index contributed by atoms with van der Waals surface area (Å²) >= 11 is 2.95. The molecule has 0 spiro atoms. The van der Waals surface area contributed by atoms with Crippen LogP contribution in [-0.4, -0.2) is 65.7 Å². The number of urea groups is 1. The van der Waals surface area contributed by atoms with Gasteiger partial charge >= 0.3 is 12.0 Å². The summed E-state index contributed by atoms with van der Waals surface area (Å²) in [5.41, 5.74) is 6.50. The van der Waals surface area contributed by atoms with Crippen LogP contribution in [0.4, 0.5) is 9.93 Å². The number of nitrogens with zero attached hydrogens (tertiary/aromatic N) is 4. The van der Waals surface area contributed by atoms with Crippen molar-refractivity contribution in [3.05, 3.63) is 100 Å². The number of thiazole rings is 2. The number of hydrogen-bond acceptors (Lipinski definition) is 14. The number of rotatable bonds is 9. The van der Waals surface area contributed by atoms with Crippen molar-refractivity contribution in [3.63, 3.8) is 0 Å². The second-order valence-electron chi connectivity index (χ2n) is 11.2. The molecule has 0 aliphatic carbocycles. The molecule has 2 amide bonds. The van der Waals surface area contributed by atoms with Gasteiger partial charge in [0.15, 0.2) is 5.13 Å². The molecule has 5 N–H and O–H groups in total. The van der Waals surface area contributed by atoms with Crippen molar-refractivity contribution in [2.45, 2.75) is 20.3 Å². The topological polar surface area (TPSA) is 206 Å². The van der Waals surface area contributed by atoms with Gasteiger partial charge in [-0.3, -0.25) is 10.7 Å². The second kappa shape index (κ2) is 18.0. The van der Waals surface area contributed by atoms with Crippen LogP contribution < -0.4 is 35.5 Å². The summed E-state index contributed by atoms with van der Waals surface area (Å²) in [5, 5.41) is 20.9. The van der Waals surface area contributed by atoms with Crippen LogP contribution in [0.15, 0.2) is 77.2 Å². The largest absolute Gasteiger partial charge is 0.497 e. The van der Waals surface area contributed by atoms with Gasteiger partial charge in [-0.25, -0.2) is 25.4 Å². The Balaban J connectivity index is 0.000000171. The number of benzene rings is 4. The average Bonchev–Trinajstić information content (AvgIpc) is 3.93. The number of hydrazine groups is 1. The standard InChI is InChI=1S/C19H17N3O3S.C9H10N4O2S.C9H10O3/c1-11-9-12(23-2)7-8-13(11)19-22-21-16(25-19)10-17-20-18-14(24-3)5-4-6-15(18)26-17;1-15-5-3-2-4-6-7(5)11-9(16-6)12-8(14)13-10;1-6-5-7(12-2)3-4-8(6)9(10)11/h4-9H,10H2,1-3H3;2-4H,10H2,1H3,(H2,11,12,13,14);3-5H,1-2H3,(H,10,11). The van der Waals surface area contributed by atoms with Gasteiger partial charge in [-0.05, 0) is 85.6 Å². The highest BCUT2D eigenvalue weighted by atomic mass is 32.1. The lowest BCUT2D eigenvalue weighted by atomic mass is 10.1. The molecule has 0 aliphatic rings. The van der Waals surface area contributed by atoms with Gasteiger partial charge in [0.25, 0.3) is 0 Å². The Labute approximate surface area is 317 Å². The minimum Gasteiger partial charge on any atom is -0.497 e. The van der Waals surface area contributed by atoms with Crippen molar-refractivity contribution in [1.82, 2.24) is 25.6 Å². The Morgan fingerprint density at radius 1 is 0.778 bits per heavy atom. The monoisotopic (exact) mass is 771 g/mol. The SMILES string of the molecule is COc1ccc(-c2nnc(Cc3nc4c(OC)cccc4s3)o2)c(C)c1.COc1ccc(C(=O)O)c(C)c1.COc1cccc2sc(NC(=O)NN)nc12. The molecule has 280 valence electrons. The Morgan fingerprint density at radius 2 is 1.39 bits per heavy atom. The number of nitrogens with one attached hydrogen (secondary N) is 2. The number of fused-ring (bicyclic) bond motifs is 2. The van der Waals surface area contributed by atoms with E-state index in [0.717, 1.165) is 48.1 Å². The molecule has 0 bridgehead atoms. The molecular weight excluding hydrogens is 735 g/mol. The highest BCUT2D eigenvalue weighted by Gasteiger charge is 2.15. The van der Waals surface area contributed by atoms with E-state index in [0.29, 0.717) is 46.0 Å². The molecule has 0 radical (unpaired) electrons. The maximum absolute atomic E-state index is 11.0. The number of ether oxygens (including phenoxy) is 4. The van der Waals surface area contributed by atoms with Gasteiger partial charge in [-0.1, -0.05) is 23.5 Å². The summed E-state index contributed by atoms with van der Waals surface area (Å²) < 4.78 is 28.6. The molecule has 0 saturated carbocycles. The zero-order chi connectivity index (χ0) is 38.8. The molecule has 0 atom stereocenters. The number of methoxy groups -OCH3 is 4. The molecule has 7 aromatic rings. The van der Waals surface area contributed by atoms with Crippen LogP contribution in [0, 0.1) is 13.8 Å². The van der Waals surface area contributed by atoms with Crippen LogP contribution in [0.2, 0.25) is 0 Å². The van der Waals surface area contributed by atoms with E-state index >= 15 is 0 Å². The van der Waals surface area contributed by atoms with Crippen molar-refractivity contribution in [2.75, 3.05) is 33.8 Å². The van der Waals surface area contributed by atoms with Crippen molar-refractivity contribution >= 4 is 60.2 Å². The number of para-hydroxylation sites is 2. The zero-order valence-corrected chi connectivity index (χ0v) is 31.8. The lowest BCUT2D eigenvalue weighted by molar-refractivity contribution is 0.0696. The van der Waals surface area contributed by atoms with Gasteiger partial charge in [0.2, 0.25) is 11.8 Å². The Hall–Kier alpha value is -6.30. The van der Waals surface area contributed by atoms with E-state index in [1.165, 1.54) is 17.4 Å². The van der Waals surface area contributed by atoms with Crippen molar-refractivity contribution in [1.29, 1.82) is 0 Å². The number of aromatic nitrogens is 4. The summed E-state index contributed by atoms with van der Waals surface area (Å²) in [5.74, 6) is 8.01. The van der Waals surface area contributed by atoms with Gasteiger partial charge in [0, 0.05) is 5.56 Å². The van der Waals surface area contributed by atoms with Crippen molar-refractivity contribution < 1.29 is 38.1 Å². The third-order valence-electron chi connectivity index (χ3n) is 7.70. The number of hydrogen-bond donors (Lipinski definition) is 4. The smallest absolute Gasteiger partial charge is 0.335 e. The molecule has 0 unspecified atom stereocenters. The number of amides is 2. The number of carbonyl (C=O) groups excluding carboxylic acids is 1. The molecule has 3 aromatic heterocycles. The van der Waals surface area contributed by atoms with Crippen LogP contribution >= 0.6 is 22.7 Å². The van der Waals surface area contributed by atoms with Gasteiger partial charge in [0.05, 0.1) is 49.8 Å². The Kier molecular flexibility index (Phi) is 12.9. The third kappa shape index (κ3) is 9.37. The van der Waals surface area contributed by atoms with Gasteiger partial charge < -0.3 is 28.5 Å². The van der Waals surface area contributed by atoms with E-state index in [4.69, 9.17) is 34.3 Å². The van der Waals surface area contributed by atoms with Gasteiger partial charge in [-0.2, -0.15) is 0 Å². The van der Waals surface area contributed by atoms with E-state index in [9.17, 15) is 9.59 Å². The first-order chi connectivity index (χ1) is 26.1. The normalized spacial score (nSPS) is 10.4. The third-order valence-corrected chi connectivity index (χ3v) is 9.65. The van der Waals surface area contributed by atoms with E-state index in [1.807, 2.05) is 66.9 Å². The lowest BCUT2D eigenvalue weighted by Crippen LogP contribution is -2.34. The summed E-state index contributed by atoms with van der Waals surface area (Å²) in [6, 6.07) is 21.6. The first kappa shape index (κ1) is 38.9. The van der Waals surface area contributed by atoms with Crippen LogP contribution in [0.3, 0.4) is 0 Å². The summed E-state index contributed by atoms with van der Waals surface area (Å²) in [7, 11) is 6.42. The molecule has 0 aliphatic heterocycles. The van der Waals surface area contributed by atoms with Crippen molar-refractivity contribution in [3.8, 4) is 34.5 Å². The number of carboxylic acids is 1. The fourth-order valence-electron chi connectivity index (χ4n) is 5.05. The van der Waals surface area contributed by atoms with E-state index < -0.39 is 12.0 Å². The fraction of sp³-hybridized carbons (Fsp3) is 0.189. The van der Waals surface area contributed by atoms with Crippen LogP contribution in [0.25, 0.3) is 31.9 Å². The molecular formula is C37H37N7O8S2. The molecule has 0 fully saturated rings.